The monoisotopic (exact) mass is 329 g/mol. The first-order valence-electron chi connectivity index (χ1n) is 9.54. The Labute approximate surface area is 143 Å². The Bertz CT molecular complexity index is 618. The second-order valence-electron chi connectivity index (χ2n) is 8.09. The molecule has 6 nitrogen and oxygen atoms in total. The molecule has 3 atom stereocenters. The molecule has 0 saturated carbocycles. The lowest BCUT2D eigenvalue weighted by Crippen LogP contribution is -2.60. The molecule has 6 heteroatoms. The molecule has 4 aliphatic heterocycles. The van der Waals surface area contributed by atoms with E-state index in [0.29, 0.717) is 23.8 Å². The molecule has 3 fully saturated rings. The highest BCUT2D eigenvalue weighted by atomic mass is 16.2. The number of carbonyl (C=O) groups is 1. The summed E-state index contributed by atoms with van der Waals surface area (Å²) in [6, 6.07) is 2.78. The van der Waals surface area contributed by atoms with Gasteiger partial charge in [-0.05, 0) is 37.2 Å². The zero-order valence-electron chi connectivity index (χ0n) is 14.3. The number of rotatable bonds is 2. The summed E-state index contributed by atoms with van der Waals surface area (Å²) in [5.41, 5.74) is 2.53. The maximum absolute atomic E-state index is 12.2. The van der Waals surface area contributed by atoms with Crippen molar-refractivity contribution in [3.8, 4) is 0 Å². The van der Waals surface area contributed by atoms with Crippen molar-refractivity contribution in [1.29, 1.82) is 0 Å². The van der Waals surface area contributed by atoms with E-state index in [1.807, 2.05) is 0 Å². The van der Waals surface area contributed by atoms with Gasteiger partial charge in [0, 0.05) is 51.7 Å². The zero-order valence-corrected chi connectivity index (χ0v) is 14.3. The smallest absolute Gasteiger partial charge is 0.222 e. The van der Waals surface area contributed by atoms with Gasteiger partial charge in [-0.25, -0.2) is 0 Å². The van der Waals surface area contributed by atoms with Crippen molar-refractivity contribution in [2.24, 2.45) is 11.8 Å². The molecule has 0 radical (unpaired) electrons. The molecule has 0 spiro atoms. The molecule has 2 unspecified atom stereocenters. The van der Waals surface area contributed by atoms with Gasteiger partial charge in [-0.3, -0.25) is 14.4 Å². The minimum absolute atomic E-state index is 0.406. The summed E-state index contributed by atoms with van der Waals surface area (Å²) in [4.78, 5) is 17.1. The highest BCUT2D eigenvalue weighted by Gasteiger charge is 2.43. The van der Waals surface area contributed by atoms with Gasteiger partial charge in [0.1, 0.15) is 0 Å². The molecule has 0 aromatic carbocycles. The van der Waals surface area contributed by atoms with Gasteiger partial charge >= 0.3 is 0 Å². The highest BCUT2D eigenvalue weighted by molar-refractivity contribution is 5.77. The lowest BCUT2D eigenvalue weighted by molar-refractivity contribution is -0.145. The first kappa shape index (κ1) is 14.9. The summed E-state index contributed by atoms with van der Waals surface area (Å²) in [6.45, 7) is 7.15. The molecule has 5 heterocycles. The molecule has 4 aliphatic rings. The summed E-state index contributed by atoms with van der Waals surface area (Å²) >= 11 is 0. The molecule has 1 aromatic heterocycles. The van der Waals surface area contributed by atoms with Crippen LogP contribution in [0.25, 0.3) is 0 Å². The molecule has 130 valence electrons. The van der Waals surface area contributed by atoms with Crippen molar-refractivity contribution >= 4 is 5.91 Å². The van der Waals surface area contributed by atoms with Crippen molar-refractivity contribution in [2.45, 2.75) is 51.4 Å². The second kappa shape index (κ2) is 5.85. The van der Waals surface area contributed by atoms with Crippen LogP contribution < -0.4 is 5.32 Å². The first-order chi connectivity index (χ1) is 11.8. The van der Waals surface area contributed by atoms with E-state index in [-0.39, 0.29) is 0 Å². The zero-order chi connectivity index (χ0) is 16.1. The van der Waals surface area contributed by atoms with Gasteiger partial charge in [0.05, 0.1) is 17.9 Å². The van der Waals surface area contributed by atoms with E-state index in [4.69, 9.17) is 5.10 Å². The average Bonchev–Trinajstić information content (AvgIpc) is 2.98. The van der Waals surface area contributed by atoms with Crippen LogP contribution in [0.1, 0.15) is 37.1 Å². The van der Waals surface area contributed by atoms with Crippen LogP contribution in [0.15, 0.2) is 6.07 Å². The predicted molar refractivity (Wildman–Crippen MR) is 90.2 cm³/mol. The number of likely N-dealkylation sites (tertiary alicyclic amines) is 1. The van der Waals surface area contributed by atoms with Crippen molar-refractivity contribution in [3.63, 3.8) is 0 Å². The van der Waals surface area contributed by atoms with Gasteiger partial charge in [-0.1, -0.05) is 0 Å². The number of aromatic nitrogens is 2. The van der Waals surface area contributed by atoms with Gasteiger partial charge < -0.3 is 10.2 Å². The molecule has 3 saturated heterocycles. The quantitative estimate of drug-likeness (QED) is 0.873. The summed E-state index contributed by atoms with van der Waals surface area (Å²) in [5.74, 6) is 1.73. The van der Waals surface area contributed by atoms with Crippen LogP contribution in [0.4, 0.5) is 0 Å². The summed E-state index contributed by atoms with van der Waals surface area (Å²) in [7, 11) is 0. The molecule has 24 heavy (non-hydrogen) atoms. The lowest BCUT2D eigenvalue weighted by Gasteiger charge is -2.52. The van der Waals surface area contributed by atoms with Crippen LogP contribution in [0, 0.1) is 11.8 Å². The molecule has 0 aliphatic carbocycles. The van der Waals surface area contributed by atoms with E-state index < -0.39 is 0 Å². The van der Waals surface area contributed by atoms with Crippen molar-refractivity contribution in [3.05, 3.63) is 17.5 Å². The minimum atomic E-state index is 0.406. The van der Waals surface area contributed by atoms with Gasteiger partial charge in [-0.15, -0.1) is 0 Å². The fourth-order valence-corrected chi connectivity index (χ4v) is 5.40. The second-order valence-corrected chi connectivity index (χ2v) is 8.09. The Morgan fingerprint density at radius 3 is 3.17 bits per heavy atom. The Hall–Kier alpha value is -1.40. The van der Waals surface area contributed by atoms with E-state index in [1.165, 1.54) is 24.2 Å². The molecule has 5 rings (SSSR count). The molecule has 1 aromatic rings. The van der Waals surface area contributed by atoms with Crippen LogP contribution in [0.3, 0.4) is 0 Å². The van der Waals surface area contributed by atoms with Crippen LogP contribution in [0.5, 0.6) is 0 Å². The van der Waals surface area contributed by atoms with E-state index in [0.717, 1.165) is 58.7 Å². The van der Waals surface area contributed by atoms with E-state index in [2.05, 4.69) is 25.9 Å². The van der Waals surface area contributed by atoms with Crippen LogP contribution in [-0.2, 0) is 24.4 Å². The van der Waals surface area contributed by atoms with Crippen LogP contribution >= 0.6 is 0 Å². The molecule has 1 N–H and O–H groups in total. The summed E-state index contributed by atoms with van der Waals surface area (Å²) in [6.07, 6.45) is 4.38. The van der Waals surface area contributed by atoms with Crippen molar-refractivity contribution in [2.75, 3.05) is 26.2 Å². The summed E-state index contributed by atoms with van der Waals surface area (Å²) in [5, 5.41) is 8.22. The van der Waals surface area contributed by atoms with Gasteiger partial charge in [0.25, 0.3) is 0 Å². The summed E-state index contributed by atoms with van der Waals surface area (Å²) < 4.78 is 2.16. The van der Waals surface area contributed by atoms with Crippen LogP contribution in [-0.4, -0.2) is 57.7 Å². The van der Waals surface area contributed by atoms with E-state index in [9.17, 15) is 4.79 Å². The van der Waals surface area contributed by atoms with Gasteiger partial charge in [0.2, 0.25) is 5.91 Å². The number of hydrogen-bond donors (Lipinski definition) is 1. The van der Waals surface area contributed by atoms with Crippen molar-refractivity contribution in [1.82, 2.24) is 24.9 Å². The Morgan fingerprint density at radius 2 is 2.25 bits per heavy atom. The fraction of sp³-hybridized carbons (Fsp3) is 0.778. The third kappa shape index (κ3) is 2.56. The normalized spacial score (nSPS) is 33.2. The topological polar surface area (TPSA) is 53.4 Å². The maximum atomic E-state index is 12.2. The Morgan fingerprint density at radius 1 is 1.29 bits per heavy atom. The standard InChI is InChI=1S/C18H27N5O/c24-18-3-1-2-17-14-6-13(10-22(17)18)9-21(11-14)12-15-7-16-8-19-4-5-23(16)20-15/h7,13-14,17,19H,1-6,8-12H2/t13?,14?,17-/m0/s1. The lowest BCUT2D eigenvalue weighted by atomic mass is 9.76. The van der Waals surface area contributed by atoms with Crippen molar-refractivity contribution < 1.29 is 4.79 Å². The van der Waals surface area contributed by atoms with Gasteiger partial charge in [-0.2, -0.15) is 5.10 Å². The number of hydrogen-bond acceptors (Lipinski definition) is 4. The molecule has 2 bridgehead atoms. The van der Waals surface area contributed by atoms with Crippen LogP contribution in [0.2, 0.25) is 0 Å². The minimum Gasteiger partial charge on any atom is -0.339 e. The number of amides is 1. The number of fused-ring (bicyclic) bond motifs is 5. The van der Waals surface area contributed by atoms with Gasteiger partial charge in [0.15, 0.2) is 0 Å². The number of carbonyl (C=O) groups excluding carboxylic acids is 1. The predicted octanol–water partition coefficient (Wildman–Crippen LogP) is 0.819. The Kier molecular flexibility index (Phi) is 3.63. The molecular formula is C18H27N5O. The average molecular weight is 329 g/mol. The molecule has 1 amide bonds. The Balaban J connectivity index is 1.29. The largest absolute Gasteiger partial charge is 0.339 e. The third-order valence-electron chi connectivity index (χ3n) is 6.36. The highest BCUT2D eigenvalue weighted by Crippen LogP contribution is 2.38. The number of nitrogens with one attached hydrogen (secondary N) is 1. The SMILES string of the molecule is O=C1CCC[C@H]2C3CC(CN(Cc4cc5n(n4)CCNC5)C3)CN12. The maximum Gasteiger partial charge on any atom is 0.222 e. The van der Waals surface area contributed by atoms with E-state index >= 15 is 0 Å². The molecular weight excluding hydrogens is 302 g/mol. The number of piperidine rings is 3. The fourth-order valence-electron chi connectivity index (χ4n) is 5.40. The van der Waals surface area contributed by atoms with E-state index in [1.54, 1.807) is 0 Å². The first-order valence-corrected chi connectivity index (χ1v) is 9.54. The third-order valence-corrected chi connectivity index (χ3v) is 6.36. The number of nitrogens with zero attached hydrogens (tertiary/aromatic N) is 4.